The molecule has 0 nitrogen and oxygen atoms in total. The maximum Gasteiger partial charge on any atom is -0.00257 e. The van der Waals surface area contributed by atoms with E-state index >= 15 is 0 Å². The van der Waals surface area contributed by atoms with E-state index in [2.05, 4.69) is 99.8 Å². The second-order valence-electron chi connectivity index (χ2n) is 10.1. The predicted octanol–water partition coefficient (Wildman–Crippen LogP) is 11.3. The van der Waals surface area contributed by atoms with Crippen molar-refractivity contribution in [2.75, 3.05) is 0 Å². The van der Waals surface area contributed by atoms with Crippen LogP contribution in [0.4, 0.5) is 0 Å². The summed E-state index contributed by atoms with van der Waals surface area (Å²) in [6.07, 6.45) is 21.3. The van der Waals surface area contributed by atoms with Crippen molar-refractivity contribution in [2.45, 2.75) is 97.3 Å². The zero-order valence-electron chi connectivity index (χ0n) is 23.7. The van der Waals surface area contributed by atoms with Gasteiger partial charge >= 0.3 is 0 Å². The predicted molar refractivity (Wildman–Crippen MR) is 167 cm³/mol. The Balaban J connectivity index is 0.000000263. The minimum Gasteiger partial charge on any atom is -0.0985 e. The summed E-state index contributed by atoms with van der Waals surface area (Å²) < 4.78 is 0. The molecule has 0 fully saturated rings. The Morgan fingerprint density at radius 3 is 1.73 bits per heavy atom. The molecule has 3 rings (SSSR count). The van der Waals surface area contributed by atoms with Crippen LogP contribution in [0.2, 0.25) is 0 Å². The highest BCUT2D eigenvalue weighted by molar-refractivity contribution is 5.53. The van der Waals surface area contributed by atoms with E-state index in [0.717, 1.165) is 12.8 Å². The summed E-state index contributed by atoms with van der Waals surface area (Å²) in [6.45, 7) is 12.1. The molecule has 0 heteroatoms. The van der Waals surface area contributed by atoms with Crippen molar-refractivity contribution >= 4 is 12.2 Å². The fourth-order valence-electron chi connectivity index (χ4n) is 4.74. The zero-order chi connectivity index (χ0) is 26.6. The quantitative estimate of drug-likeness (QED) is 0.174. The molecule has 0 spiro atoms. The van der Waals surface area contributed by atoms with Crippen molar-refractivity contribution in [3.05, 3.63) is 119 Å². The first-order valence-electron chi connectivity index (χ1n) is 14.7. The van der Waals surface area contributed by atoms with E-state index < -0.39 is 0 Å². The Morgan fingerprint density at radius 1 is 0.568 bits per heavy atom. The van der Waals surface area contributed by atoms with Crippen LogP contribution in [0.1, 0.15) is 111 Å². The van der Waals surface area contributed by atoms with Crippen LogP contribution in [-0.4, -0.2) is 0 Å². The average molecular weight is 495 g/mol. The fourth-order valence-corrected chi connectivity index (χ4v) is 4.74. The number of benzene rings is 3. The lowest BCUT2D eigenvalue weighted by molar-refractivity contribution is 0.556. The van der Waals surface area contributed by atoms with Gasteiger partial charge in [-0.15, -0.1) is 0 Å². The SMILES string of the molecule is C=Cc1ccc(CCCCCCCCCCCC)cc1.C=Cc1ccc(Cc2ccccc2)cc1CC. The molecule has 0 aliphatic rings. The van der Waals surface area contributed by atoms with Gasteiger partial charge in [-0.05, 0) is 59.1 Å². The molecular weight excluding hydrogens is 444 g/mol. The van der Waals surface area contributed by atoms with Crippen molar-refractivity contribution < 1.29 is 0 Å². The molecule has 198 valence electrons. The topological polar surface area (TPSA) is 0 Å². The van der Waals surface area contributed by atoms with E-state index in [1.807, 2.05) is 12.2 Å². The zero-order valence-corrected chi connectivity index (χ0v) is 23.7. The number of rotatable bonds is 16. The summed E-state index contributed by atoms with van der Waals surface area (Å²) in [7, 11) is 0. The molecule has 0 saturated heterocycles. The van der Waals surface area contributed by atoms with Crippen molar-refractivity contribution in [3.63, 3.8) is 0 Å². The van der Waals surface area contributed by atoms with Crippen LogP contribution in [0.25, 0.3) is 12.2 Å². The Bertz CT molecular complexity index is 994. The summed E-state index contributed by atoms with van der Waals surface area (Å²) in [5.74, 6) is 0. The molecule has 3 aromatic carbocycles. The number of aryl methyl sites for hydroxylation is 2. The van der Waals surface area contributed by atoms with E-state index in [4.69, 9.17) is 0 Å². The van der Waals surface area contributed by atoms with Gasteiger partial charge in [0.15, 0.2) is 0 Å². The minimum atomic E-state index is 1.01. The summed E-state index contributed by atoms with van der Waals surface area (Å²) in [5.41, 5.74) is 8.06. The van der Waals surface area contributed by atoms with Crippen LogP contribution in [0, 0.1) is 0 Å². The van der Waals surface area contributed by atoms with Crippen molar-refractivity contribution in [2.24, 2.45) is 0 Å². The third kappa shape index (κ3) is 12.8. The highest BCUT2D eigenvalue weighted by Crippen LogP contribution is 2.17. The lowest BCUT2D eigenvalue weighted by atomic mass is 9.98. The van der Waals surface area contributed by atoms with Crippen molar-refractivity contribution in [3.8, 4) is 0 Å². The molecule has 0 atom stereocenters. The summed E-state index contributed by atoms with van der Waals surface area (Å²) in [6, 6.07) is 26.1. The van der Waals surface area contributed by atoms with Crippen molar-refractivity contribution in [1.82, 2.24) is 0 Å². The summed E-state index contributed by atoms with van der Waals surface area (Å²) >= 11 is 0. The first-order chi connectivity index (χ1) is 18.2. The molecule has 0 aromatic heterocycles. The van der Waals surface area contributed by atoms with E-state index in [1.165, 1.54) is 104 Å². The molecule has 0 N–H and O–H groups in total. The molecule has 0 aliphatic heterocycles. The molecule has 3 aromatic rings. The van der Waals surface area contributed by atoms with E-state index in [-0.39, 0.29) is 0 Å². The highest BCUT2D eigenvalue weighted by Gasteiger charge is 2.01. The molecule has 0 amide bonds. The number of unbranched alkanes of at least 4 members (excludes halogenated alkanes) is 9. The van der Waals surface area contributed by atoms with E-state index in [0.29, 0.717) is 0 Å². The summed E-state index contributed by atoms with van der Waals surface area (Å²) in [5, 5.41) is 0. The minimum absolute atomic E-state index is 1.01. The van der Waals surface area contributed by atoms with Gasteiger partial charge in [0.25, 0.3) is 0 Å². The van der Waals surface area contributed by atoms with Gasteiger partial charge in [0.05, 0.1) is 0 Å². The summed E-state index contributed by atoms with van der Waals surface area (Å²) in [4.78, 5) is 0. The molecule has 0 unspecified atom stereocenters. The Labute approximate surface area is 228 Å². The van der Waals surface area contributed by atoms with Gasteiger partial charge in [0, 0.05) is 0 Å². The molecule has 0 bridgehead atoms. The van der Waals surface area contributed by atoms with E-state index in [9.17, 15) is 0 Å². The third-order valence-electron chi connectivity index (χ3n) is 7.09. The second-order valence-corrected chi connectivity index (χ2v) is 10.1. The number of hydrogen-bond donors (Lipinski definition) is 0. The molecule has 0 aliphatic carbocycles. The van der Waals surface area contributed by atoms with Crippen LogP contribution in [-0.2, 0) is 19.3 Å². The first kappa shape index (κ1) is 30.4. The molecule has 0 saturated carbocycles. The van der Waals surface area contributed by atoms with E-state index in [1.54, 1.807) is 0 Å². The van der Waals surface area contributed by atoms with Gasteiger partial charge in [-0.25, -0.2) is 0 Å². The van der Waals surface area contributed by atoms with Crippen molar-refractivity contribution in [1.29, 1.82) is 0 Å². The molecule has 0 radical (unpaired) electrons. The molecular formula is C37H50. The van der Waals surface area contributed by atoms with Gasteiger partial charge in [-0.1, -0.05) is 170 Å². The smallest absolute Gasteiger partial charge is 0.00257 e. The molecule has 0 heterocycles. The monoisotopic (exact) mass is 494 g/mol. The largest absolute Gasteiger partial charge is 0.0985 e. The van der Waals surface area contributed by atoms with Gasteiger partial charge in [-0.2, -0.15) is 0 Å². The van der Waals surface area contributed by atoms with Crippen LogP contribution in [0.3, 0.4) is 0 Å². The van der Waals surface area contributed by atoms with Gasteiger partial charge in [0.1, 0.15) is 0 Å². The van der Waals surface area contributed by atoms with Gasteiger partial charge < -0.3 is 0 Å². The maximum absolute atomic E-state index is 3.85. The Morgan fingerprint density at radius 2 is 1.16 bits per heavy atom. The normalized spacial score (nSPS) is 10.4. The van der Waals surface area contributed by atoms with Gasteiger partial charge in [0.2, 0.25) is 0 Å². The fraction of sp³-hybridized carbons (Fsp3) is 0.405. The average Bonchev–Trinajstić information content (AvgIpc) is 2.95. The maximum atomic E-state index is 3.85. The highest BCUT2D eigenvalue weighted by atomic mass is 14.1. The number of hydrogen-bond acceptors (Lipinski definition) is 0. The Hall–Kier alpha value is -2.86. The first-order valence-corrected chi connectivity index (χ1v) is 14.7. The van der Waals surface area contributed by atoms with Crippen LogP contribution < -0.4 is 0 Å². The van der Waals surface area contributed by atoms with Gasteiger partial charge in [-0.3, -0.25) is 0 Å². The molecule has 37 heavy (non-hydrogen) atoms. The lowest BCUT2D eigenvalue weighted by Gasteiger charge is -2.07. The second kappa shape index (κ2) is 19.3. The Kier molecular flexibility index (Phi) is 15.8. The third-order valence-corrected chi connectivity index (χ3v) is 7.09. The lowest BCUT2D eigenvalue weighted by Crippen LogP contribution is -1.92. The van der Waals surface area contributed by atoms with Crippen LogP contribution in [0.15, 0.2) is 86.0 Å². The van der Waals surface area contributed by atoms with Crippen LogP contribution in [0.5, 0.6) is 0 Å². The standard InChI is InChI=1S/C20H32.C17H18/c1-3-5-6-7-8-9-10-11-12-13-14-20-17-15-19(4-2)16-18-20;1-3-16-11-10-15(13-17(16)4-2)12-14-8-6-5-7-9-14/h4,15-18H,2-3,5-14H2,1H3;3,5-11,13H,1,4,12H2,2H3. The van der Waals surface area contributed by atoms with Crippen LogP contribution >= 0.6 is 0 Å².